The van der Waals surface area contributed by atoms with Gasteiger partial charge in [0.15, 0.2) is 0 Å². The highest BCUT2D eigenvalue weighted by Crippen LogP contribution is 2.32. The number of anilines is 1. The minimum atomic E-state index is -2.93. The second-order valence-corrected chi connectivity index (χ2v) is 6.08. The molecule has 0 fully saturated rings. The highest BCUT2D eigenvalue weighted by Gasteiger charge is 2.23. The van der Waals surface area contributed by atoms with Gasteiger partial charge in [0, 0.05) is 24.5 Å². The molecule has 0 bridgehead atoms. The van der Waals surface area contributed by atoms with Crippen molar-refractivity contribution in [3.05, 3.63) is 70.5 Å². The Kier molecular flexibility index (Phi) is 5.18. The number of carbonyl (C=O) groups is 1. The zero-order valence-corrected chi connectivity index (χ0v) is 14.6. The van der Waals surface area contributed by atoms with Gasteiger partial charge in [-0.15, -0.1) is 0 Å². The lowest BCUT2D eigenvalue weighted by Gasteiger charge is -2.12. The molecule has 3 aromatic rings. The van der Waals surface area contributed by atoms with Crippen molar-refractivity contribution in [3.8, 4) is 11.1 Å². The second kappa shape index (κ2) is 7.40. The fourth-order valence-electron chi connectivity index (χ4n) is 2.56. The van der Waals surface area contributed by atoms with Crippen molar-refractivity contribution in [3.63, 3.8) is 0 Å². The van der Waals surface area contributed by atoms with Gasteiger partial charge in [-0.1, -0.05) is 17.7 Å². The first-order valence-electron chi connectivity index (χ1n) is 7.64. The van der Waals surface area contributed by atoms with Gasteiger partial charge < -0.3 is 5.32 Å². The lowest BCUT2D eigenvalue weighted by atomic mass is 10.0. The van der Waals surface area contributed by atoms with Gasteiger partial charge in [-0.25, -0.2) is 17.6 Å². The van der Waals surface area contributed by atoms with E-state index in [-0.39, 0.29) is 21.8 Å². The lowest BCUT2D eigenvalue weighted by Crippen LogP contribution is -2.14. The molecule has 2 aromatic carbocycles. The molecule has 1 N–H and O–H groups in total. The molecule has 4 nitrogen and oxygen atoms in total. The summed E-state index contributed by atoms with van der Waals surface area (Å²) >= 11 is 5.77. The summed E-state index contributed by atoms with van der Waals surface area (Å²) in [7, 11) is 1.41. The van der Waals surface area contributed by atoms with E-state index in [4.69, 9.17) is 11.6 Å². The molecule has 1 aromatic heterocycles. The second-order valence-electron chi connectivity index (χ2n) is 5.68. The molecule has 1 heterocycles. The number of alkyl halides is 2. The Hall–Kier alpha value is -2.87. The van der Waals surface area contributed by atoms with Crippen LogP contribution < -0.4 is 5.32 Å². The van der Waals surface area contributed by atoms with Crippen molar-refractivity contribution in [2.75, 3.05) is 5.32 Å². The molecule has 0 saturated heterocycles. The first-order chi connectivity index (χ1) is 12.8. The maximum atomic E-state index is 13.7. The quantitative estimate of drug-likeness (QED) is 0.614. The topological polar surface area (TPSA) is 46.9 Å². The predicted octanol–water partition coefficient (Wildman–Crippen LogP) is 5.21. The average Bonchev–Trinajstić information content (AvgIpc) is 3.01. The number of aryl methyl sites for hydroxylation is 1. The Morgan fingerprint density at radius 1 is 1.19 bits per heavy atom. The summed E-state index contributed by atoms with van der Waals surface area (Å²) in [5.41, 5.74) is -0.263. The number of amides is 1. The maximum Gasteiger partial charge on any atom is 0.282 e. The summed E-state index contributed by atoms with van der Waals surface area (Å²) in [5.74, 6) is -2.09. The van der Waals surface area contributed by atoms with Gasteiger partial charge in [0.2, 0.25) is 0 Å². The summed E-state index contributed by atoms with van der Waals surface area (Å²) in [6, 6.07) is 7.23. The van der Waals surface area contributed by atoms with Crippen molar-refractivity contribution >= 4 is 23.2 Å². The molecule has 140 valence electrons. The number of carbonyl (C=O) groups excluding carboxylic acids is 1. The SMILES string of the molecule is Cn1cc(C(=O)Nc2ccc(F)cc2-c2ccc(F)c(Cl)c2)c(C(F)F)n1. The van der Waals surface area contributed by atoms with Gasteiger partial charge in [0.25, 0.3) is 12.3 Å². The fourth-order valence-corrected chi connectivity index (χ4v) is 2.74. The van der Waals surface area contributed by atoms with E-state index in [0.717, 1.165) is 29.1 Å². The molecule has 0 aliphatic heterocycles. The molecular weight excluding hydrogens is 386 g/mol. The van der Waals surface area contributed by atoms with Crippen LogP contribution in [0.15, 0.2) is 42.6 Å². The number of hydrogen-bond donors (Lipinski definition) is 1. The number of nitrogens with zero attached hydrogens (tertiary/aromatic N) is 2. The third-order valence-corrected chi connectivity index (χ3v) is 4.06. The van der Waals surface area contributed by atoms with Gasteiger partial charge in [-0.05, 0) is 35.9 Å². The van der Waals surface area contributed by atoms with Crippen molar-refractivity contribution < 1.29 is 22.4 Å². The molecule has 0 unspecified atom stereocenters. The van der Waals surface area contributed by atoms with E-state index >= 15 is 0 Å². The largest absolute Gasteiger partial charge is 0.321 e. The molecular formula is C18H12ClF4N3O. The normalized spacial score (nSPS) is 11.1. The fraction of sp³-hybridized carbons (Fsp3) is 0.111. The first kappa shape index (κ1) is 18.9. The zero-order valence-electron chi connectivity index (χ0n) is 13.8. The summed E-state index contributed by atoms with van der Waals surface area (Å²) in [4.78, 5) is 12.5. The predicted molar refractivity (Wildman–Crippen MR) is 92.9 cm³/mol. The minimum Gasteiger partial charge on any atom is -0.321 e. The van der Waals surface area contributed by atoms with E-state index < -0.39 is 29.7 Å². The maximum absolute atomic E-state index is 13.7. The van der Waals surface area contributed by atoms with Gasteiger partial charge in [-0.2, -0.15) is 5.10 Å². The van der Waals surface area contributed by atoms with Crippen molar-refractivity contribution in [1.82, 2.24) is 9.78 Å². The molecule has 0 aliphatic carbocycles. The lowest BCUT2D eigenvalue weighted by molar-refractivity contribution is 0.101. The third-order valence-electron chi connectivity index (χ3n) is 3.77. The Balaban J connectivity index is 2.01. The van der Waals surface area contributed by atoms with Crippen LogP contribution in [-0.4, -0.2) is 15.7 Å². The molecule has 0 saturated carbocycles. The summed E-state index contributed by atoms with van der Waals surface area (Å²) < 4.78 is 54.3. The third kappa shape index (κ3) is 3.95. The van der Waals surface area contributed by atoms with Crippen LogP contribution in [0.2, 0.25) is 5.02 Å². The minimum absolute atomic E-state index is 0.146. The Bertz CT molecular complexity index is 1020. The Morgan fingerprint density at radius 2 is 1.93 bits per heavy atom. The summed E-state index contributed by atoms with van der Waals surface area (Å²) in [5, 5.41) is 5.86. The number of nitrogens with one attached hydrogen (secondary N) is 1. The van der Waals surface area contributed by atoms with Crippen molar-refractivity contribution in [2.45, 2.75) is 6.43 Å². The molecule has 0 aliphatic rings. The molecule has 0 radical (unpaired) electrons. The molecule has 3 rings (SSSR count). The highest BCUT2D eigenvalue weighted by atomic mass is 35.5. The van der Waals surface area contributed by atoms with E-state index in [9.17, 15) is 22.4 Å². The number of rotatable bonds is 4. The van der Waals surface area contributed by atoms with Crippen LogP contribution in [0.25, 0.3) is 11.1 Å². The molecule has 1 amide bonds. The Morgan fingerprint density at radius 3 is 2.59 bits per heavy atom. The number of hydrogen-bond acceptors (Lipinski definition) is 2. The van der Waals surface area contributed by atoms with Crippen LogP contribution in [0.5, 0.6) is 0 Å². The molecule has 0 spiro atoms. The zero-order chi connectivity index (χ0) is 19.7. The molecule has 0 atom stereocenters. The van der Waals surface area contributed by atoms with E-state index in [1.807, 2.05) is 0 Å². The summed E-state index contributed by atoms with van der Waals surface area (Å²) in [6.45, 7) is 0. The van der Waals surface area contributed by atoms with Crippen LogP contribution in [-0.2, 0) is 7.05 Å². The van der Waals surface area contributed by atoms with Gasteiger partial charge in [-0.3, -0.25) is 9.48 Å². The van der Waals surface area contributed by atoms with Crippen molar-refractivity contribution in [1.29, 1.82) is 0 Å². The first-order valence-corrected chi connectivity index (χ1v) is 8.02. The standard InChI is InChI=1S/C18H12ClF4N3O/c1-26-8-12(16(25-26)17(22)23)18(27)24-15-5-3-10(20)7-11(15)9-2-4-14(21)13(19)6-9/h2-8,17H,1H3,(H,24,27). The van der Waals surface area contributed by atoms with Crippen LogP contribution in [0.4, 0.5) is 23.2 Å². The summed E-state index contributed by atoms with van der Waals surface area (Å²) in [6.07, 6.45) is -1.77. The van der Waals surface area contributed by atoms with Crippen LogP contribution >= 0.6 is 11.6 Å². The van der Waals surface area contributed by atoms with E-state index in [0.29, 0.717) is 5.56 Å². The van der Waals surface area contributed by atoms with E-state index in [1.54, 1.807) is 0 Å². The van der Waals surface area contributed by atoms with Gasteiger partial charge in [0.1, 0.15) is 17.3 Å². The highest BCUT2D eigenvalue weighted by molar-refractivity contribution is 6.31. The van der Waals surface area contributed by atoms with E-state index in [2.05, 4.69) is 10.4 Å². The van der Waals surface area contributed by atoms with Gasteiger partial charge in [0.05, 0.1) is 10.6 Å². The molecule has 27 heavy (non-hydrogen) atoms. The molecule has 9 heteroatoms. The average molecular weight is 398 g/mol. The number of aromatic nitrogens is 2. The van der Waals surface area contributed by atoms with Crippen LogP contribution in [0.3, 0.4) is 0 Å². The Labute approximate surface area is 156 Å². The van der Waals surface area contributed by atoms with E-state index in [1.165, 1.54) is 25.2 Å². The number of halogens is 5. The monoisotopic (exact) mass is 397 g/mol. The number of benzene rings is 2. The van der Waals surface area contributed by atoms with Crippen LogP contribution in [0, 0.1) is 11.6 Å². The van der Waals surface area contributed by atoms with Crippen LogP contribution in [0.1, 0.15) is 22.5 Å². The van der Waals surface area contributed by atoms with Gasteiger partial charge >= 0.3 is 0 Å². The smallest absolute Gasteiger partial charge is 0.282 e. The van der Waals surface area contributed by atoms with Crippen molar-refractivity contribution in [2.24, 2.45) is 7.05 Å².